The Balaban J connectivity index is 2.21. The SMILES string of the molecule is CCC1CCC(C)N1c1cc(C)nc2ccc(N)cc12. The number of nitrogen functional groups attached to an aromatic ring is 1. The molecule has 0 spiro atoms. The standard InChI is InChI=1S/C17H23N3/c1-4-14-7-5-12(3)20(14)17-9-11(2)19-16-8-6-13(18)10-15(16)17/h6,8-10,12,14H,4-5,7,18H2,1-3H3. The number of anilines is 2. The highest BCUT2D eigenvalue weighted by Crippen LogP contribution is 2.37. The molecule has 20 heavy (non-hydrogen) atoms. The summed E-state index contributed by atoms with van der Waals surface area (Å²) >= 11 is 0. The van der Waals surface area contributed by atoms with Crippen molar-refractivity contribution < 1.29 is 0 Å². The van der Waals surface area contributed by atoms with Crippen molar-refractivity contribution in [3.8, 4) is 0 Å². The Morgan fingerprint density at radius 1 is 1.30 bits per heavy atom. The van der Waals surface area contributed by atoms with Crippen LogP contribution in [0.25, 0.3) is 10.9 Å². The van der Waals surface area contributed by atoms with Crippen molar-refractivity contribution in [2.75, 3.05) is 10.6 Å². The predicted molar refractivity (Wildman–Crippen MR) is 86.1 cm³/mol. The zero-order chi connectivity index (χ0) is 14.3. The largest absolute Gasteiger partial charge is 0.399 e. The molecule has 3 nitrogen and oxygen atoms in total. The lowest BCUT2D eigenvalue weighted by Gasteiger charge is -2.31. The van der Waals surface area contributed by atoms with Crippen molar-refractivity contribution >= 4 is 22.3 Å². The Hall–Kier alpha value is -1.77. The Morgan fingerprint density at radius 2 is 2.10 bits per heavy atom. The van der Waals surface area contributed by atoms with Gasteiger partial charge in [0.25, 0.3) is 0 Å². The molecule has 2 heterocycles. The van der Waals surface area contributed by atoms with Crippen LogP contribution in [0.2, 0.25) is 0 Å². The van der Waals surface area contributed by atoms with Gasteiger partial charge in [0.1, 0.15) is 0 Å². The molecule has 0 bridgehead atoms. The maximum Gasteiger partial charge on any atom is 0.0727 e. The molecule has 1 fully saturated rings. The number of nitrogens with two attached hydrogens (primary N) is 1. The lowest BCUT2D eigenvalue weighted by Crippen LogP contribution is -2.34. The molecule has 1 aliphatic rings. The summed E-state index contributed by atoms with van der Waals surface area (Å²) in [6, 6.07) is 9.47. The summed E-state index contributed by atoms with van der Waals surface area (Å²) in [5.41, 5.74) is 10.2. The average molecular weight is 269 g/mol. The van der Waals surface area contributed by atoms with Crippen LogP contribution in [0.5, 0.6) is 0 Å². The maximum absolute atomic E-state index is 5.99. The number of benzene rings is 1. The van der Waals surface area contributed by atoms with E-state index >= 15 is 0 Å². The van der Waals surface area contributed by atoms with Gasteiger partial charge in [0.05, 0.1) is 5.52 Å². The van der Waals surface area contributed by atoms with Gasteiger partial charge in [0.15, 0.2) is 0 Å². The van der Waals surface area contributed by atoms with Gasteiger partial charge in [-0.05, 0) is 57.4 Å². The van der Waals surface area contributed by atoms with Crippen LogP contribution in [0.15, 0.2) is 24.3 Å². The van der Waals surface area contributed by atoms with E-state index in [0.29, 0.717) is 12.1 Å². The first-order valence-electron chi connectivity index (χ1n) is 7.55. The number of aryl methyl sites for hydroxylation is 1. The van der Waals surface area contributed by atoms with Crippen LogP contribution in [0.3, 0.4) is 0 Å². The number of rotatable bonds is 2. The summed E-state index contributed by atoms with van der Waals surface area (Å²) in [6.07, 6.45) is 3.74. The van der Waals surface area contributed by atoms with E-state index < -0.39 is 0 Å². The number of pyridine rings is 1. The van der Waals surface area contributed by atoms with Crippen LogP contribution in [0.1, 0.15) is 38.8 Å². The van der Waals surface area contributed by atoms with Crippen LogP contribution in [0.4, 0.5) is 11.4 Å². The quantitative estimate of drug-likeness (QED) is 0.841. The number of nitrogens with zero attached hydrogens (tertiary/aromatic N) is 2. The van der Waals surface area contributed by atoms with Crippen molar-refractivity contribution in [3.63, 3.8) is 0 Å². The van der Waals surface area contributed by atoms with Crippen molar-refractivity contribution in [1.29, 1.82) is 0 Å². The first-order valence-corrected chi connectivity index (χ1v) is 7.55. The lowest BCUT2D eigenvalue weighted by atomic mass is 10.1. The molecule has 0 radical (unpaired) electrons. The van der Waals surface area contributed by atoms with Gasteiger partial charge in [-0.15, -0.1) is 0 Å². The zero-order valence-electron chi connectivity index (χ0n) is 12.6. The monoisotopic (exact) mass is 269 g/mol. The summed E-state index contributed by atoms with van der Waals surface area (Å²) in [7, 11) is 0. The molecule has 3 rings (SSSR count). The molecule has 3 heteroatoms. The maximum atomic E-state index is 5.99. The topological polar surface area (TPSA) is 42.2 Å². The van der Waals surface area contributed by atoms with E-state index in [1.54, 1.807) is 0 Å². The van der Waals surface area contributed by atoms with Gasteiger partial charge in [-0.25, -0.2) is 0 Å². The second-order valence-electron chi connectivity index (χ2n) is 5.96. The van der Waals surface area contributed by atoms with Crippen molar-refractivity contribution in [1.82, 2.24) is 4.98 Å². The fourth-order valence-corrected chi connectivity index (χ4v) is 3.47. The van der Waals surface area contributed by atoms with Crippen molar-refractivity contribution in [2.24, 2.45) is 0 Å². The lowest BCUT2D eigenvalue weighted by molar-refractivity contribution is 0.629. The number of hydrogen-bond donors (Lipinski definition) is 1. The van der Waals surface area contributed by atoms with Crippen LogP contribution in [0, 0.1) is 6.92 Å². The fraction of sp³-hybridized carbons (Fsp3) is 0.471. The molecule has 0 saturated carbocycles. The minimum atomic E-state index is 0.589. The highest BCUT2D eigenvalue weighted by atomic mass is 15.2. The van der Waals surface area contributed by atoms with E-state index in [2.05, 4.69) is 42.8 Å². The molecule has 0 aliphatic carbocycles. The third-order valence-electron chi connectivity index (χ3n) is 4.47. The molecule has 1 aromatic heterocycles. The molecule has 2 atom stereocenters. The minimum Gasteiger partial charge on any atom is -0.399 e. The summed E-state index contributed by atoms with van der Waals surface area (Å²) in [4.78, 5) is 7.22. The van der Waals surface area contributed by atoms with Gasteiger partial charge in [0.2, 0.25) is 0 Å². The van der Waals surface area contributed by atoms with Gasteiger partial charge >= 0.3 is 0 Å². The Kier molecular flexibility index (Phi) is 3.28. The van der Waals surface area contributed by atoms with Gasteiger partial charge in [-0.3, -0.25) is 4.98 Å². The van der Waals surface area contributed by atoms with Crippen LogP contribution >= 0.6 is 0 Å². The zero-order valence-corrected chi connectivity index (χ0v) is 12.6. The molecule has 106 valence electrons. The van der Waals surface area contributed by atoms with Crippen LogP contribution in [-0.4, -0.2) is 17.1 Å². The van der Waals surface area contributed by atoms with E-state index in [9.17, 15) is 0 Å². The molecule has 1 aliphatic heterocycles. The highest BCUT2D eigenvalue weighted by molar-refractivity contribution is 5.94. The third kappa shape index (κ3) is 2.11. The second-order valence-corrected chi connectivity index (χ2v) is 5.96. The van der Waals surface area contributed by atoms with Gasteiger partial charge < -0.3 is 10.6 Å². The normalized spacial score (nSPS) is 22.6. The molecule has 2 N–H and O–H groups in total. The van der Waals surface area contributed by atoms with E-state index in [0.717, 1.165) is 16.9 Å². The van der Waals surface area contributed by atoms with Crippen LogP contribution < -0.4 is 10.6 Å². The van der Waals surface area contributed by atoms with Crippen molar-refractivity contribution in [3.05, 3.63) is 30.0 Å². The Labute approximate surface area is 120 Å². The first kappa shape index (κ1) is 13.2. The van der Waals surface area contributed by atoms with Gasteiger partial charge in [-0.2, -0.15) is 0 Å². The van der Waals surface area contributed by atoms with Gasteiger partial charge in [-0.1, -0.05) is 6.92 Å². The summed E-state index contributed by atoms with van der Waals surface area (Å²) in [5, 5.41) is 1.18. The molecule has 2 aromatic rings. The smallest absolute Gasteiger partial charge is 0.0727 e. The third-order valence-corrected chi connectivity index (χ3v) is 4.47. The van der Waals surface area contributed by atoms with Crippen LogP contribution in [-0.2, 0) is 0 Å². The molecule has 0 amide bonds. The number of aromatic nitrogens is 1. The Bertz CT molecular complexity index is 635. The van der Waals surface area contributed by atoms with Gasteiger partial charge in [0, 0.05) is 34.5 Å². The minimum absolute atomic E-state index is 0.589. The molecule has 1 saturated heterocycles. The molecule has 2 unspecified atom stereocenters. The number of hydrogen-bond acceptors (Lipinski definition) is 3. The summed E-state index contributed by atoms with van der Waals surface area (Å²) in [5.74, 6) is 0. The second kappa shape index (κ2) is 4.97. The fourth-order valence-electron chi connectivity index (χ4n) is 3.47. The molecular formula is C17H23N3. The predicted octanol–water partition coefficient (Wildman–Crippen LogP) is 3.89. The average Bonchev–Trinajstić information content (AvgIpc) is 2.79. The highest BCUT2D eigenvalue weighted by Gasteiger charge is 2.30. The summed E-state index contributed by atoms with van der Waals surface area (Å²) in [6.45, 7) is 6.67. The van der Waals surface area contributed by atoms with E-state index in [4.69, 9.17) is 5.73 Å². The molecule has 1 aromatic carbocycles. The Morgan fingerprint density at radius 3 is 2.85 bits per heavy atom. The first-order chi connectivity index (χ1) is 9.60. The van der Waals surface area contributed by atoms with E-state index in [1.165, 1.54) is 30.3 Å². The van der Waals surface area contributed by atoms with Crippen molar-refractivity contribution in [2.45, 2.75) is 52.1 Å². The molecular weight excluding hydrogens is 246 g/mol. The number of fused-ring (bicyclic) bond motifs is 1. The van der Waals surface area contributed by atoms with E-state index in [1.807, 2.05) is 12.1 Å². The summed E-state index contributed by atoms with van der Waals surface area (Å²) < 4.78 is 0. The van der Waals surface area contributed by atoms with E-state index in [-0.39, 0.29) is 0 Å².